The van der Waals surface area contributed by atoms with E-state index < -0.39 is 5.60 Å². The van der Waals surface area contributed by atoms with Crippen molar-refractivity contribution in [3.8, 4) is 0 Å². The number of carbonyl (C=O) groups excluding carboxylic acids is 1. The van der Waals surface area contributed by atoms with Crippen LogP contribution in [0.2, 0.25) is 0 Å². The number of nitrogens with zero attached hydrogens (tertiary/aromatic N) is 3. The Morgan fingerprint density at radius 3 is 2.95 bits per heavy atom. The summed E-state index contributed by atoms with van der Waals surface area (Å²) in [6, 6.07) is 0. The van der Waals surface area contributed by atoms with Gasteiger partial charge in [0.05, 0.1) is 17.5 Å². The number of aliphatic hydroxyl groups is 1. The molecule has 0 unspecified atom stereocenters. The predicted molar refractivity (Wildman–Crippen MR) is 65.9 cm³/mol. The molecule has 1 aromatic heterocycles. The molecular weight excluding hydrogens is 250 g/mol. The van der Waals surface area contributed by atoms with Crippen LogP contribution in [0.25, 0.3) is 0 Å². The van der Waals surface area contributed by atoms with E-state index in [1.165, 1.54) is 4.68 Å². The summed E-state index contributed by atoms with van der Waals surface area (Å²) in [5.74, 6) is -0.214. The van der Waals surface area contributed by atoms with Crippen LogP contribution in [-0.2, 0) is 22.6 Å². The molecule has 1 fully saturated rings. The number of nitrogens with two attached hydrogens (primary N) is 1. The minimum atomic E-state index is -0.862. The van der Waals surface area contributed by atoms with Crippen LogP contribution in [0.4, 0.5) is 0 Å². The summed E-state index contributed by atoms with van der Waals surface area (Å²) < 4.78 is 6.60. The maximum Gasteiger partial charge on any atom is 0.241 e. The predicted octanol–water partition coefficient (Wildman–Crippen LogP) is -1.61. The number of rotatable bonds is 5. The third-order valence-electron chi connectivity index (χ3n) is 3.14. The second kappa shape index (κ2) is 6.09. The lowest BCUT2D eigenvalue weighted by Crippen LogP contribution is -2.47. The Hall–Kier alpha value is -1.51. The molecule has 19 heavy (non-hydrogen) atoms. The standard InChI is InChI=1S/C11H19N5O3/c12-5-9-6-16(15-14-9)7-10(17)13-8-11(18)1-3-19-4-2-11/h6,18H,1-5,7-8,12H2,(H,13,17). The molecule has 1 amide bonds. The molecule has 0 spiro atoms. The maximum absolute atomic E-state index is 11.7. The summed E-state index contributed by atoms with van der Waals surface area (Å²) in [7, 11) is 0. The van der Waals surface area contributed by atoms with Crippen LogP contribution in [0.3, 0.4) is 0 Å². The summed E-state index contributed by atoms with van der Waals surface area (Å²) in [5, 5.41) is 20.5. The van der Waals surface area contributed by atoms with Crippen LogP contribution in [0.5, 0.6) is 0 Å². The van der Waals surface area contributed by atoms with E-state index in [-0.39, 0.29) is 19.0 Å². The summed E-state index contributed by atoms with van der Waals surface area (Å²) in [5.41, 5.74) is 5.18. The molecule has 4 N–H and O–H groups in total. The van der Waals surface area contributed by atoms with Crippen molar-refractivity contribution >= 4 is 5.91 Å². The molecule has 2 rings (SSSR count). The van der Waals surface area contributed by atoms with Crippen molar-refractivity contribution in [2.45, 2.75) is 31.5 Å². The Morgan fingerprint density at radius 1 is 1.58 bits per heavy atom. The van der Waals surface area contributed by atoms with E-state index in [1.807, 2.05) is 0 Å². The van der Waals surface area contributed by atoms with Crippen molar-refractivity contribution in [1.82, 2.24) is 20.3 Å². The molecule has 1 aliphatic rings. The first-order chi connectivity index (χ1) is 9.11. The van der Waals surface area contributed by atoms with Crippen LogP contribution in [0, 0.1) is 0 Å². The van der Waals surface area contributed by atoms with Crippen LogP contribution in [0.1, 0.15) is 18.5 Å². The van der Waals surface area contributed by atoms with E-state index in [1.54, 1.807) is 6.20 Å². The fourth-order valence-corrected chi connectivity index (χ4v) is 1.90. The van der Waals surface area contributed by atoms with Gasteiger partial charge in [-0.2, -0.15) is 0 Å². The van der Waals surface area contributed by atoms with Gasteiger partial charge in [0, 0.05) is 39.1 Å². The molecule has 1 saturated heterocycles. The average molecular weight is 269 g/mol. The zero-order chi connectivity index (χ0) is 13.7. The van der Waals surface area contributed by atoms with Crippen molar-refractivity contribution in [3.05, 3.63) is 11.9 Å². The molecule has 8 heteroatoms. The molecule has 2 heterocycles. The minimum absolute atomic E-state index is 0.0690. The maximum atomic E-state index is 11.7. The number of hydrogen-bond donors (Lipinski definition) is 3. The lowest BCUT2D eigenvalue weighted by atomic mass is 9.94. The van der Waals surface area contributed by atoms with Gasteiger partial charge < -0.3 is 20.9 Å². The molecule has 8 nitrogen and oxygen atoms in total. The van der Waals surface area contributed by atoms with Crippen LogP contribution < -0.4 is 11.1 Å². The Labute approximate surface area is 110 Å². The van der Waals surface area contributed by atoms with Crippen molar-refractivity contribution in [1.29, 1.82) is 0 Å². The molecule has 0 bridgehead atoms. The Kier molecular flexibility index (Phi) is 4.46. The highest BCUT2D eigenvalue weighted by atomic mass is 16.5. The fourth-order valence-electron chi connectivity index (χ4n) is 1.90. The molecule has 0 aliphatic carbocycles. The fraction of sp³-hybridized carbons (Fsp3) is 0.727. The number of hydrogen-bond acceptors (Lipinski definition) is 6. The molecule has 0 radical (unpaired) electrons. The molecule has 1 aliphatic heterocycles. The number of carbonyl (C=O) groups is 1. The number of nitrogens with one attached hydrogen (secondary N) is 1. The highest BCUT2D eigenvalue weighted by Crippen LogP contribution is 2.19. The Morgan fingerprint density at radius 2 is 2.32 bits per heavy atom. The third-order valence-corrected chi connectivity index (χ3v) is 3.14. The van der Waals surface area contributed by atoms with E-state index in [9.17, 15) is 9.90 Å². The van der Waals surface area contributed by atoms with Gasteiger partial charge in [-0.25, -0.2) is 4.68 Å². The molecule has 0 atom stereocenters. The first-order valence-corrected chi connectivity index (χ1v) is 6.27. The highest BCUT2D eigenvalue weighted by Gasteiger charge is 2.30. The van der Waals surface area contributed by atoms with Gasteiger partial charge in [-0.15, -0.1) is 5.10 Å². The number of amides is 1. The van der Waals surface area contributed by atoms with E-state index in [0.29, 0.717) is 38.3 Å². The van der Waals surface area contributed by atoms with Gasteiger partial charge in [-0.1, -0.05) is 5.21 Å². The van der Waals surface area contributed by atoms with Gasteiger partial charge in [-0.3, -0.25) is 4.79 Å². The smallest absolute Gasteiger partial charge is 0.241 e. The summed E-state index contributed by atoms with van der Waals surface area (Å²) in [4.78, 5) is 11.7. The molecule has 1 aromatic rings. The van der Waals surface area contributed by atoms with Crippen molar-refractivity contribution < 1.29 is 14.6 Å². The van der Waals surface area contributed by atoms with E-state index >= 15 is 0 Å². The Balaban J connectivity index is 1.77. The van der Waals surface area contributed by atoms with Crippen LogP contribution in [0.15, 0.2) is 6.20 Å². The van der Waals surface area contributed by atoms with Gasteiger partial charge in [0.2, 0.25) is 5.91 Å². The monoisotopic (exact) mass is 269 g/mol. The summed E-state index contributed by atoms with van der Waals surface area (Å²) in [6.45, 7) is 1.64. The average Bonchev–Trinajstić information content (AvgIpc) is 2.85. The van der Waals surface area contributed by atoms with Crippen molar-refractivity contribution in [3.63, 3.8) is 0 Å². The lowest BCUT2D eigenvalue weighted by Gasteiger charge is -2.32. The second-order valence-corrected chi connectivity index (χ2v) is 4.73. The van der Waals surface area contributed by atoms with Gasteiger partial charge in [-0.05, 0) is 0 Å². The second-order valence-electron chi connectivity index (χ2n) is 4.73. The van der Waals surface area contributed by atoms with E-state index in [2.05, 4.69) is 15.6 Å². The SMILES string of the molecule is NCc1cn(CC(=O)NCC2(O)CCOCC2)nn1. The highest BCUT2D eigenvalue weighted by molar-refractivity contribution is 5.75. The number of ether oxygens (including phenoxy) is 1. The molecular formula is C11H19N5O3. The zero-order valence-electron chi connectivity index (χ0n) is 10.7. The van der Waals surface area contributed by atoms with Gasteiger partial charge >= 0.3 is 0 Å². The third kappa shape index (κ3) is 3.98. The Bertz CT molecular complexity index is 428. The van der Waals surface area contributed by atoms with Crippen LogP contribution in [-0.4, -0.2) is 51.4 Å². The first kappa shape index (κ1) is 13.9. The van der Waals surface area contributed by atoms with Crippen molar-refractivity contribution in [2.24, 2.45) is 5.73 Å². The van der Waals surface area contributed by atoms with Crippen LogP contribution >= 0.6 is 0 Å². The van der Waals surface area contributed by atoms with Crippen molar-refractivity contribution in [2.75, 3.05) is 19.8 Å². The number of aromatic nitrogens is 3. The van der Waals surface area contributed by atoms with Gasteiger partial charge in [0.15, 0.2) is 0 Å². The van der Waals surface area contributed by atoms with E-state index in [0.717, 1.165) is 0 Å². The largest absolute Gasteiger partial charge is 0.388 e. The topological polar surface area (TPSA) is 115 Å². The minimum Gasteiger partial charge on any atom is -0.388 e. The first-order valence-electron chi connectivity index (χ1n) is 6.27. The van der Waals surface area contributed by atoms with Gasteiger partial charge in [0.1, 0.15) is 6.54 Å². The van der Waals surface area contributed by atoms with E-state index in [4.69, 9.17) is 10.5 Å². The normalized spacial score (nSPS) is 18.2. The quantitative estimate of drug-likeness (QED) is 0.592. The zero-order valence-corrected chi connectivity index (χ0v) is 10.7. The molecule has 0 aromatic carbocycles. The lowest BCUT2D eigenvalue weighted by molar-refractivity contribution is -0.124. The molecule has 0 saturated carbocycles. The van der Waals surface area contributed by atoms with Gasteiger partial charge in [0.25, 0.3) is 0 Å². The summed E-state index contributed by atoms with van der Waals surface area (Å²) >= 11 is 0. The molecule has 106 valence electrons. The summed E-state index contributed by atoms with van der Waals surface area (Å²) in [6.07, 6.45) is 2.70.